The Morgan fingerprint density at radius 3 is 2.71 bits per heavy atom. The zero-order valence-corrected chi connectivity index (χ0v) is 20.3. The predicted octanol–water partition coefficient (Wildman–Crippen LogP) is 3.04. The van der Waals surface area contributed by atoms with E-state index in [-0.39, 0.29) is 18.2 Å². The van der Waals surface area contributed by atoms with Crippen LogP contribution in [-0.4, -0.2) is 57.5 Å². The second-order valence-electron chi connectivity index (χ2n) is 8.13. The van der Waals surface area contributed by atoms with Gasteiger partial charge < -0.3 is 20.8 Å². The highest BCUT2D eigenvalue weighted by Gasteiger charge is 2.33. The van der Waals surface area contributed by atoms with Crippen molar-refractivity contribution in [3.8, 4) is 5.75 Å². The number of nitrogens with zero attached hydrogens (tertiary/aromatic N) is 3. The summed E-state index contributed by atoms with van der Waals surface area (Å²) < 4.78 is 7.08. The Hall–Kier alpha value is -3.98. The Bertz CT molecular complexity index is 1290. The van der Waals surface area contributed by atoms with Gasteiger partial charge in [-0.15, -0.1) is 0 Å². The van der Waals surface area contributed by atoms with Crippen molar-refractivity contribution in [2.45, 2.75) is 25.8 Å². The number of nitrogens with one attached hydrogen (secondary N) is 3. The molecule has 5 N–H and O–H groups in total. The largest absolute Gasteiger partial charge is 0.497 e. The lowest BCUT2D eigenvalue weighted by Crippen LogP contribution is -2.37. The summed E-state index contributed by atoms with van der Waals surface area (Å²) in [6.45, 7) is 2.16. The minimum atomic E-state index is -0.760. The van der Waals surface area contributed by atoms with Crippen molar-refractivity contribution in [1.29, 1.82) is 5.41 Å². The van der Waals surface area contributed by atoms with Crippen LogP contribution >= 0.6 is 11.6 Å². The topological polar surface area (TPSA) is 132 Å². The molecule has 1 aromatic heterocycles. The van der Waals surface area contributed by atoms with Crippen molar-refractivity contribution in [3.63, 3.8) is 0 Å². The van der Waals surface area contributed by atoms with E-state index in [1.165, 1.54) is 0 Å². The molecule has 1 atom stereocenters. The van der Waals surface area contributed by atoms with Crippen LogP contribution in [-0.2, 0) is 11.2 Å². The van der Waals surface area contributed by atoms with E-state index >= 15 is 0 Å². The van der Waals surface area contributed by atoms with Crippen LogP contribution in [0.4, 0.5) is 5.69 Å². The minimum Gasteiger partial charge on any atom is -0.497 e. The number of hydrogen-bond acceptors (Lipinski definition) is 5. The molecule has 0 spiro atoms. The number of benzodiazepines with no additional fused rings is 1. The number of H-pyrrole nitrogens is 1. The molecule has 0 saturated carbocycles. The van der Waals surface area contributed by atoms with E-state index in [4.69, 9.17) is 32.5 Å². The Labute approximate surface area is 208 Å². The van der Waals surface area contributed by atoms with E-state index in [1.807, 2.05) is 30.3 Å². The summed E-state index contributed by atoms with van der Waals surface area (Å²) in [5.41, 5.74) is 10.0. The van der Waals surface area contributed by atoms with Gasteiger partial charge in [-0.05, 0) is 30.3 Å². The number of imidazole rings is 1. The maximum atomic E-state index is 12.8. The minimum absolute atomic E-state index is 0.00615. The van der Waals surface area contributed by atoms with Gasteiger partial charge in [-0.2, -0.15) is 5.41 Å². The normalized spacial score (nSPS) is 16.7. The fourth-order valence-electron chi connectivity index (χ4n) is 3.96. The van der Waals surface area contributed by atoms with E-state index < -0.39 is 6.04 Å². The summed E-state index contributed by atoms with van der Waals surface area (Å²) in [5, 5.41) is 12.5. The number of hydrogen-bond donors (Lipinski definition) is 4. The van der Waals surface area contributed by atoms with Crippen molar-refractivity contribution in [2.24, 2.45) is 10.7 Å². The molecule has 9 nitrogen and oxygen atoms in total. The molecule has 0 saturated heterocycles. The molecule has 0 fully saturated rings. The van der Waals surface area contributed by atoms with Crippen molar-refractivity contribution >= 4 is 40.6 Å². The third-order valence-electron chi connectivity index (χ3n) is 5.66. The molecular weight excluding hydrogens is 466 g/mol. The van der Waals surface area contributed by atoms with Crippen LogP contribution < -0.4 is 15.8 Å². The molecule has 35 heavy (non-hydrogen) atoms. The van der Waals surface area contributed by atoms with Crippen molar-refractivity contribution in [3.05, 3.63) is 76.8 Å². The summed E-state index contributed by atoms with van der Waals surface area (Å²) in [4.78, 5) is 24.7. The average Bonchev–Trinajstić information content (AvgIpc) is 3.32. The number of carbonyl (C=O) groups is 1. The van der Waals surface area contributed by atoms with E-state index in [0.717, 1.165) is 16.8 Å². The van der Waals surface area contributed by atoms with Gasteiger partial charge in [0.05, 0.1) is 25.6 Å². The molecule has 180 valence electrons. The quantitative estimate of drug-likeness (QED) is 0.298. The molecule has 0 bridgehead atoms. The first-order chi connectivity index (χ1) is 16.9. The van der Waals surface area contributed by atoms with Gasteiger partial charge in [-0.3, -0.25) is 9.79 Å². The van der Waals surface area contributed by atoms with E-state index in [9.17, 15) is 4.79 Å². The van der Waals surface area contributed by atoms with Gasteiger partial charge in [0.1, 0.15) is 17.5 Å². The standard InChI is InChI=1S/C25H26ClN7O2/c1-15(27)33-22-8-7-19(35-2)11-20(22)24(16-3-5-17(26)6-4-16)32-21(25(33)28)12-23(34)30-10-9-18-13-29-14-31-18/h3-8,11,13-14,21,27-28H,9-10,12H2,1-2H3,(H2,29,30,31,34)/p+1/t21-/m0/s1. The molecule has 10 heteroatoms. The Balaban J connectivity index is 1.72. The van der Waals surface area contributed by atoms with Crippen LogP contribution in [0.15, 0.2) is 60.0 Å². The molecule has 0 unspecified atom stereocenters. The van der Waals surface area contributed by atoms with Gasteiger partial charge in [-0.1, -0.05) is 23.7 Å². The van der Waals surface area contributed by atoms with Crippen molar-refractivity contribution < 1.29 is 14.1 Å². The lowest BCUT2D eigenvalue weighted by Gasteiger charge is -2.14. The number of nitrogens with two attached hydrogens (primary N) is 1. The number of aliphatic imine (C=N–C) groups is 1. The Morgan fingerprint density at radius 1 is 1.29 bits per heavy atom. The van der Waals surface area contributed by atoms with Crippen LogP contribution in [0.1, 0.15) is 30.2 Å². The highest BCUT2D eigenvalue weighted by atomic mass is 35.5. The second-order valence-corrected chi connectivity index (χ2v) is 8.56. The first-order valence-corrected chi connectivity index (χ1v) is 11.5. The number of amides is 1. The van der Waals surface area contributed by atoms with Gasteiger partial charge in [-0.25, -0.2) is 9.56 Å². The number of ether oxygens (including phenoxy) is 1. The fourth-order valence-corrected chi connectivity index (χ4v) is 4.08. The number of fused-ring (bicyclic) bond motifs is 1. The van der Waals surface area contributed by atoms with Gasteiger partial charge in [0.25, 0.3) is 5.84 Å². The molecule has 1 amide bonds. The van der Waals surface area contributed by atoms with Gasteiger partial charge >= 0.3 is 0 Å². The smallest absolute Gasteiger partial charge is 0.260 e. The molecule has 2 heterocycles. The third kappa shape index (κ3) is 5.41. The van der Waals surface area contributed by atoms with Crippen LogP contribution in [0.2, 0.25) is 5.02 Å². The SMILES string of the molecule is COc1ccc2c(c1)C(c1ccc(Cl)cc1)=N[C@@H](CC(=O)NCCc1cnc[nH]1)C(=N)[N+]2=C(C)N. The first-order valence-electron chi connectivity index (χ1n) is 11.1. The number of carbonyl (C=O) groups excluding carboxylic acids is 1. The van der Waals surface area contributed by atoms with Crippen molar-refractivity contribution in [1.82, 2.24) is 15.3 Å². The van der Waals surface area contributed by atoms with E-state index in [2.05, 4.69) is 15.3 Å². The van der Waals surface area contributed by atoms with Crippen LogP contribution in [0.3, 0.4) is 0 Å². The van der Waals surface area contributed by atoms with E-state index in [1.54, 1.807) is 43.3 Å². The lowest BCUT2D eigenvalue weighted by molar-refractivity contribution is -0.314. The molecular formula is C25H27ClN7O2+. The summed E-state index contributed by atoms with van der Waals surface area (Å²) >= 11 is 6.12. The van der Waals surface area contributed by atoms with Crippen molar-refractivity contribution in [2.75, 3.05) is 13.7 Å². The number of aromatic nitrogens is 2. The number of rotatable bonds is 7. The maximum Gasteiger partial charge on any atom is 0.260 e. The van der Waals surface area contributed by atoms with Crippen LogP contribution in [0.25, 0.3) is 0 Å². The fraction of sp³-hybridized carbons (Fsp3) is 0.240. The number of amidine groups is 2. The van der Waals surface area contributed by atoms with Gasteiger partial charge in [0.2, 0.25) is 5.91 Å². The summed E-state index contributed by atoms with van der Waals surface area (Å²) in [6.07, 6.45) is 3.94. The number of methoxy groups -OCH3 is 1. The Kier molecular flexibility index (Phi) is 7.26. The zero-order valence-electron chi connectivity index (χ0n) is 19.5. The van der Waals surface area contributed by atoms with Crippen LogP contribution in [0, 0.1) is 5.41 Å². The highest BCUT2D eigenvalue weighted by molar-refractivity contribution is 6.30. The third-order valence-corrected chi connectivity index (χ3v) is 5.91. The number of benzene rings is 2. The Morgan fingerprint density at radius 2 is 2.06 bits per heavy atom. The first kappa shape index (κ1) is 24.2. The van der Waals surface area contributed by atoms with E-state index in [0.29, 0.717) is 41.0 Å². The zero-order chi connectivity index (χ0) is 24.9. The number of aromatic amines is 1. The molecule has 2 aromatic carbocycles. The summed E-state index contributed by atoms with van der Waals surface area (Å²) in [6, 6.07) is 12.1. The average molecular weight is 493 g/mol. The maximum absolute atomic E-state index is 12.8. The predicted molar refractivity (Wildman–Crippen MR) is 136 cm³/mol. The molecule has 0 radical (unpaired) electrons. The molecule has 1 aliphatic heterocycles. The summed E-state index contributed by atoms with van der Waals surface area (Å²) in [7, 11) is 1.59. The van der Waals surface area contributed by atoms with Gasteiger partial charge in [0.15, 0.2) is 5.84 Å². The highest BCUT2D eigenvalue weighted by Crippen LogP contribution is 2.31. The number of halogens is 1. The molecule has 1 aliphatic rings. The van der Waals surface area contributed by atoms with Gasteiger partial charge in [0, 0.05) is 47.9 Å². The second kappa shape index (κ2) is 10.5. The lowest BCUT2D eigenvalue weighted by atomic mass is 10.00. The molecule has 3 aromatic rings. The molecule has 4 rings (SSSR count). The van der Waals surface area contributed by atoms with Crippen LogP contribution in [0.5, 0.6) is 5.75 Å². The molecule has 0 aliphatic carbocycles. The summed E-state index contributed by atoms with van der Waals surface area (Å²) in [5.74, 6) is 0.945. The monoisotopic (exact) mass is 492 g/mol.